The van der Waals surface area contributed by atoms with Crippen molar-refractivity contribution in [2.75, 3.05) is 0 Å². The number of nitrogens with zero attached hydrogens (tertiary/aromatic N) is 1. The zero-order chi connectivity index (χ0) is 21.3. The number of hydrogen-bond donors (Lipinski definition) is 0. The number of ether oxygens (including phenoxy) is 1. The standard InChI is InChI=1S/C26H25NO2S/c1-5-17(3)19-9-6-7-10-23(19)29-26(28)21-15-22(24-11-8-12-30-24)27-25-18(4)13-16(2)14-20(21)25/h6-15,17H,5H2,1-4H3. The van der Waals surface area contributed by atoms with Crippen LogP contribution >= 0.6 is 11.3 Å². The number of para-hydroxylation sites is 1. The van der Waals surface area contributed by atoms with E-state index < -0.39 is 0 Å². The van der Waals surface area contributed by atoms with Gasteiger partial charge < -0.3 is 4.74 Å². The van der Waals surface area contributed by atoms with Crippen molar-refractivity contribution in [3.8, 4) is 16.3 Å². The highest BCUT2D eigenvalue weighted by Gasteiger charge is 2.20. The predicted molar refractivity (Wildman–Crippen MR) is 125 cm³/mol. The summed E-state index contributed by atoms with van der Waals surface area (Å²) in [5.41, 5.74) is 5.39. The molecular weight excluding hydrogens is 390 g/mol. The molecule has 1 atom stereocenters. The minimum Gasteiger partial charge on any atom is -0.423 e. The van der Waals surface area contributed by atoms with Gasteiger partial charge in [0.1, 0.15) is 5.75 Å². The van der Waals surface area contributed by atoms with E-state index in [1.807, 2.05) is 67.8 Å². The number of hydrogen-bond acceptors (Lipinski definition) is 4. The molecule has 2 heterocycles. The third kappa shape index (κ3) is 3.88. The van der Waals surface area contributed by atoms with Crippen LogP contribution in [0.3, 0.4) is 0 Å². The number of carbonyl (C=O) groups is 1. The molecule has 0 amide bonds. The Morgan fingerprint density at radius 2 is 1.90 bits per heavy atom. The Balaban J connectivity index is 1.85. The Hall–Kier alpha value is -2.98. The van der Waals surface area contributed by atoms with Crippen molar-refractivity contribution >= 4 is 28.2 Å². The Kier molecular flexibility index (Phi) is 5.69. The number of rotatable bonds is 5. The number of esters is 1. The molecule has 0 aliphatic rings. The maximum absolute atomic E-state index is 13.4. The zero-order valence-electron chi connectivity index (χ0n) is 17.7. The summed E-state index contributed by atoms with van der Waals surface area (Å²) >= 11 is 1.61. The number of thiophene rings is 1. The summed E-state index contributed by atoms with van der Waals surface area (Å²) in [7, 11) is 0. The van der Waals surface area contributed by atoms with Gasteiger partial charge in [-0.1, -0.05) is 49.7 Å². The van der Waals surface area contributed by atoms with Gasteiger partial charge in [-0.3, -0.25) is 0 Å². The van der Waals surface area contributed by atoms with Crippen LogP contribution in [0.1, 0.15) is 53.2 Å². The first kappa shape index (κ1) is 20.3. The molecule has 2 aromatic heterocycles. The van der Waals surface area contributed by atoms with Gasteiger partial charge in [0.05, 0.1) is 21.7 Å². The fourth-order valence-corrected chi connectivity index (χ4v) is 4.44. The molecule has 0 radical (unpaired) electrons. The fourth-order valence-electron chi connectivity index (χ4n) is 3.76. The van der Waals surface area contributed by atoms with E-state index in [4.69, 9.17) is 9.72 Å². The maximum atomic E-state index is 13.4. The van der Waals surface area contributed by atoms with Crippen LogP contribution in [0.15, 0.2) is 60.0 Å². The predicted octanol–water partition coefficient (Wildman–Crippen LogP) is 7.31. The van der Waals surface area contributed by atoms with Gasteiger partial charge in [-0.05, 0) is 67.0 Å². The lowest BCUT2D eigenvalue weighted by atomic mass is 9.97. The number of aromatic nitrogens is 1. The molecule has 0 aliphatic carbocycles. The minimum atomic E-state index is -0.346. The molecule has 0 aliphatic heterocycles. The monoisotopic (exact) mass is 415 g/mol. The van der Waals surface area contributed by atoms with E-state index in [2.05, 4.69) is 19.9 Å². The SMILES string of the molecule is CCC(C)c1ccccc1OC(=O)c1cc(-c2cccs2)nc2c(C)cc(C)cc12. The van der Waals surface area contributed by atoms with Gasteiger partial charge in [0.25, 0.3) is 0 Å². The summed E-state index contributed by atoms with van der Waals surface area (Å²) in [6.45, 7) is 8.36. The highest BCUT2D eigenvalue weighted by atomic mass is 32.1. The summed E-state index contributed by atoms with van der Waals surface area (Å²) in [5, 5.41) is 2.85. The van der Waals surface area contributed by atoms with E-state index in [9.17, 15) is 4.79 Å². The molecular formula is C26H25NO2S. The van der Waals surface area contributed by atoms with Crippen molar-refractivity contribution in [2.24, 2.45) is 0 Å². The van der Waals surface area contributed by atoms with Crippen LogP contribution in [0.25, 0.3) is 21.5 Å². The number of pyridine rings is 1. The Morgan fingerprint density at radius 3 is 2.63 bits per heavy atom. The molecule has 2 aromatic carbocycles. The van der Waals surface area contributed by atoms with E-state index >= 15 is 0 Å². The second-order valence-electron chi connectivity index (χ2n) is 7.75. The van der Waals surface area contributed by atoms with Gasteiger partial charge in [0.15, 0.2) is 0 Å². The first-order valence-electron chi connectivity index (χ1n) is 10.2. The lowest BCUT2D eigenvalue weighted by Crippen LogP contribution is -2.12. The average molecular weight is 416 g/mol. The lowest BCUT2D eigenvalue weighted by molar-refractivity contribution is 0.0734. The molecule has 30 heavy (non-hydrogen) atoms. The molecule has 4 aromatic rings. The third-order valence-corrected chi connectivity index (χ3v) is 6.40. The molecule has 152 valence electrons. The van der Waals surface area contributed by atoms with Gasteiger partial charge >= 0.3 is 5.97 Å². The van der Waals surface area contributed by atoms with E-state index in [1.54, 1.807) is 11.3 Å². The van der Waals surface area contributed by atoms with Crippen molar-refractivity contribution in [3.63, 3.8) is 0 Å². The first-order valence-corrected chi connectivity index (χ1v) is 11.1. The summed E-state index contributed by atoms with van der Waals surface area (Å²) < 4.78 is 5.95. The summed E-state index contributed by atoms with van der Waals surface area (Å²) in [5.74, 6) is 0.596. The number of carbonyl (C=O) groups excluding carboxylic acids is 1. The van der Waals surface area contributed by atoms with Crippen molar-refractivity contribution in [1.29, 1.82) is 0 Å². The van der Waals surface area contributed by atoms with Crippen LogP contribution in [-0.4, -0.2) is 11.0 Å². The zero-order valence-corrected chi connectivity index (χ0v) is 18.5. The maximum Gasteiger partial charge on any atom is 0.344 e. The molecule has 0 saturated heterocycles. The van der Waals surface area contributed by atoms with Crippen LogP contribution in [0.2, 0.25) is 0 Å². The fraction of sp³-hybridized carbons (Fsp3) is 0.231. The summed E-state index contributed by atoms with van der Waals surface area (Å²) in [6, 6.07) is 17.8. The molecule has 0 N–H and O–H groups in total. The van der Waals surface area contributed by atoms with E-state index in [0.717, 1.165) is 44.6 Å². The van der Waals surface area contributed by atoms with Crippen LogP contribution in [0.5, 0.6) is 5.75 Å². The largest absolute Gasteiger partial charge is 0.423 e. The van der Waals surface area contributed by atoms with Crippen LogP contribution in [-0.2, 0) is 0 Å². The molecule has 4 rings (SSSR count). The second kappa shape index (κ2) is 8.41. The Morgan fingerprint density at radius 1 is 1.10 bits per heavy atom. The average Bonchev–Trinajstić information content (AvgIpc) is 3.28. The molecule has 0 spiro atoms. The topological polar surface area (TPSA) is 39.2 Å². The van der Waals surface area contributed by atoms with E-state index in [0.29, 0.717) is 17.2 Å². The van der Waals surface area contributed by atoms with Gasteiger partial charge in [0.2, 0.25) is 0 Å². The first-order chi connectivity index (χ1) is 14.5. The summed E-state index contributed by atoms with van der Waals surface area (Å²) in [4.78, 5) is 19.3. The number of aryl methyl sites for hydroxylation is 2. The molecule has 0 saturated carbocycles. The Bertz CT molecular complexity index is 1210. The van der Waals surface area contributed by atoms with Gasteiger partial charge in [-0.2, -0.15) is 0 Å². The molecule has 0 bridgehead atoms. The molecule has 4 heteroatoms. The molecule has 0 fully saturated rings. The highest BCUT2D eigenvalue weighted by Crippen LogP contribution is 2.32. The van der Waals surface area contributed by atoms with Crippen molar-refractivity contribution in [2.45, 2.75) is 40.0 Å². The van der Waals surface area contributed by atoms with Crippen molar-refractivity contribution < 1.29 is 9.53 Å². The van der Waals surface area contributed by atoms with Gasteiger partial charge in [0, 0.05) is 5.39 Å². The van der Waals surface area contributed by atoms with Crippen LogP contribution < -0.4 is 4.74 Å². The van der Waals surface area contributed by atoms with E-state index in [-0.39, 0.29) is 5.97 Å². The van der Waals surface area contributed by atoms with Crippen LogP contribution in [0, 0.1) is 13.8 Å². The quantitative estimate of drug-likeness (QED) is 0.253. The Labute approximate surface area is 181 Å². The van der Waals surface area contributed by atoms with Crippen LogP contribution in [0.4, 0.5) is 0 Å². The normalized spacial score (nSPS) is 12.1. The highest BCUT2D eigenvalue weighted by molar-refractivity contribution is 7.13. The minimum absolute atomic E-state index is 0.314. The lowest BCUT2D eigenvalue weighted by Gasteiger charge is -2.16. The number of fused-ring (bicyclic) bond motifs is 1. The second-order valence-corrected chi connectivity index (χ2v) is 8.69. The van der Waals surface area contributed by atoms with E-state index in [1.165, 1.54) is 0 Å². The molecule has 3 nitrogen and oxygen atoms in total. The van der Waals surface area contributed by atoms with Crippen molar-refractivity contribution in [1.82, 2.24) is 4.98 Å². The molecule has 1 unspecified atom stereocenters. The van der Waals surface area contributed by atoms with Gasteiger partial charge in [-0.25, -0.2) is 9.78 Å². The number of benzene rings is 2. The van der Waals surface area contributed by atoms with Gasteiger partial charge in [-0.15, -0.1) is 11.3 Å². The van der Waals surface area contributed by atoms with Crippen molar-refractivity contribution in [3.05, 3.63) is 82.2 Å². The smallest absolute Gasteiger partial charge is 0.344 e. The summed E-state index contributed by atoms with van der Waals surface area (Å²) in [6.07, 6.45) is 0.980. The third-order valence-electron chi connectivity index (χ3n) is 5.51.